The van der Waals surface area contributed by atoms with Gasteiger partial charge in [0, 0.05) is 30.2 Å². The smallest absolute Gasteiger partial charge is 0.339 e. The highest BCUT2D eigenvalue weighted by Gasteiger charge is 2.20. The Kier molecular flexibility index (Phi) is 7.07. The van der Waals surface area contributed by atoms with Crippen molar-refractivity contribution in [2.24, 2.45) is 0 Å². The van der Waals surface area contributed by atoms with Crippen molar-refractivity contribution in [2.45, 2.75) is 12.5 Å². The molecule has 34 heavy (non-hydrogen) atoms. The van der Waals surface area contributed by atoms with Crippen molar-refractivity contribution in [3.63, 3.8) is 0 Å². The number of aromatic hydroxyl groups is 1. The van der Waals surface area contributed by atoms with Crippen molar-refractivity contribution in [1.82, 2.24) is 5.32 Å². The third-order valence-corrected chi connectivity index (χ3v) is 4.74. The lowest BCUT2D eigenvalue weighted by atomic mass is 10.1. The first-order chi connectivity index (χ1) is 16.1. The first kappa shape index (κ1) is 23.7. The molecule has 3 aromatic rings. The molecule has 0 saturated heterocycles. The van der Waals surface area contributed by atoms with Crippen LogP contribution in [0, 0.1) is 10.1 Å². The number of nitro groups is 1. The number of carboxylic acid groups (broad SMARTS) is 2. The van der Waals surface area contributed by atoms with Crippen molar-refractivity contribution in [3.05, 3.63) is 87.7 Å². The Hall–Kier alpha value is -4.93. The molecular weight excluding hydrogens is 448 g/mol. The second-order valence-electron chi connectivity index (χ2n) is 7.10. The predicted molar refractivity (Wildman–Crippen MR) is 118 cm³/mol. The molecule has 4 N–H and O–H groups in total. The Bertz CT molecular complexity index is 1280. The number of carboxylic acids is 2. The summed E-state index contributed by atoms with van der Waals surface area (Å²) in [6.45, 7) is 0. The molecule has 0 bridgehead atoms. The Morgan fingerprint density at radius 2 is 1.76 bits per heavy atom. The van der Waals surface area contributed by atoms with Gasteiger partial charge in [-0.15, -0.1) is 0 Å². The predicted octanol–water partition coefficient (Wildman–Crippen LogP) is 3.08. The first-order valence-corrected chi connectivity index (χ1v) is 9.75. The van der Waals surface area contributed by atoms with Crippen LogP contribution in [0.5, 0.6) is 5.75 Å². The van der Waals surface area contributed by atoms with Crippen LogP contribution < -0.4 is 5.32 Å². The van der Waals surface area contributed by atoms with Gasteiger partial charge in [0.1, 0.15) is 28.9 Å². The number of nitro benzene ring substituents is 1. The number of furan rings is 1. The molecule has 0 unspecified atom stereocenters. The Labute approximate surface area is 191 Å². The fourth-order valence-corrected chi connectivity index (χ4v) is 3.03. The van der Waals surface area contributed by atoms with E-state index in [4.69, 9.17) is 9.52 Å². The summed E-state index contributed by atoms with van der Waals surface area (Å²) in [5.41, 5.74) is 0.464. The minimum atomic E-state index is -1.30. The van der Waals surface area contributed by atoms with Crippen molar-refractivity contribution < 1.29 is 39.0 Å². The zero-order valence-corrected chi connectivity index (χ0v) is 17.4. The Balaban J connectivity index is 1.66. The van der Waals surface area contributed by atoms with Crippen molar-refractivity contribution in [1.29, 1.82) is 0 Å². The van der Waals surface area contributed by atoms with Gasteiger partial charge in [-0.25, -0.2) is 9.59 Å². The first-order valence-electron chi connectivity index (χ1n) is 9.75. The monoisotopic (exact) mass is 466 g/mol. The van der Waals surface area contributed by atoms with Crippen LogP contribution in [0.2, 0.25) is 0 Å². The average molecular weight is 466 g/mol. The number of carbonyl (C=O) groups excluding carboxylic acids is 1. The van der Waals surface area contributed by atoms with E-state index in [-0.39, 0.29) is 29.2 Å². The molecule has 174 valence electrons. The summed E-state index contributed by atoms with van der Waals surface area (Å²) in [4.78, 5) is 45.1. The van der Waals surface area contributed by atoms with E-state index in [0.29, 0.717) is 16.9 Å². The molecule has 0 fully saturated rings. The summed E-state index contributed by atoms with van der Waals surface area (Å²) in [6, 6.07) is 11.1. The van der Waals surface area contributed by atoms with E-state index in [9.17, 15) is 34.7 Å². The average Bonchev–Trinajstić information content (AvgIpc) is 3.26. The fourth-order valence-electron chi connectivity index (χ4n) is 3.03. The van der Waals surface area contributed by atoms with Crippen molar-refractivity contribution in [3.8, 4) is 17.1 Å². The summed E-state index contributed by atoms with van der Waals surface area (Å²) < 4.78 is 5.56. The third kappa shape index (κ3) is 5.85. The highest BCUT2D eigenvalue weighted by Crippen LogP contribution is 2.28. The molecule has 1 heterocycles. The number of benzene rings is 2. The molecule has 1 amide bonds. The number of hydrogen-bond acceptors (Lipinski definition) is 7. The Morgan fingerprint density at radius 3 is 2.38 bits per heavy atom. The number of hydrogen-bond donors (Lipinski definition) is 4. The summed E-state index contributed by atoms with van der Waals surface area (Å²) in [7, 11) is 0. The van der Waals surface area contributed by atoms with E-state index in [2.05, 4.69) is 5.32 Å². The number of non-ortho nitro benzene ring substituents is 1. The van der Waals surface area contributed by atoms with Crippen LogP contribution in [0.4, 0.5) is 5.69 Å². The molecule has 0 radical (unpaired) electrons. The van der Waals surface area contributed by atoms with E-state index < -0.39 is 28.8 Å². The van der Waals surface area contributed by atoms with Gasteiger partial charge >= 0.3 is 11.9 Å². The molecular formula is C23H18N2O9. The van der Waals surface area contributed by atoms with Crippen molar-refractivity contribution in [2.75, 3.05) is 0 Å². The van der Waals surface area contributed by atoms with Crippen molar-refractivity contribution >= 4 is 29.6 Å². The van der Waals surface area contributed by atoms with Gasteiger partial charge in [-0.3, -0.25) is 14.9 Å². The van der Waals surface area contributed by atoms with E-state index >= 15 is 0 Å². The van der Waals surface area contributed by atoms with Gasteiger partial charge in [0.15, 0.2) is 0 Å². The zero-order valence-electron chi connectivity index (χ0n) is 17.4. The van der Waals surface area contributed by atoms with Crippen LogP contribution in [-0.2, 0) is 16.0 Å². The number of carbonyl (C=O) groups is 3. The van der Waals surface area contributed by atoms with Gasteiger partial charge in [0.25, 0.3) is 5.69 Å². The zero-order chi connectivity index (χ0) is 24.8. The molecule has 0 spiro atoms. The quantitative estimate of drug-likeness (QED) is 0.209. The summed E-state index contributed by atoms with van der Waals surface area (Å²) in [6.07, 6.45) is 2.31. The normalized spacial score (nSPS) is 11.8. The second-order valence-corrected chi connectivity index (χ2v) is 7.10. The lowest BCUT2D eigenvalue weighted by molar-refractivity contribution is -0.384. The lowest BCUT2D eigenvalue weighted by Gasteiger charge is -2.13. The van der Waals surface area contributed by atoms with Gasteiger partial charge in [-0.05, 0) is 42.0 Å². The largest absolute Gasteiger partial charge is 0.507 e. The molecule has 0 aliphatic rings. The standard InChI is InChI=1S/C23H18N2O9/c26-19-8-3-14(12-17(19)22(28)29)20-9-6-16(34-20)7-10-21(27)24-18(23(30)31)11-13-1-4-15(5-2-13)25(32)33/h1-10,12,18,26H,11H2,(H,24,27)(H,28,29)(H,30,31)/b10-7+/t18-/m0/s1. The summed E-state index contributed by atoms with van der Waals surface area (Å²) >= 11 is 0. The van der Waals surface area contributed by atoms with E-state index in [1.807, 2.05) is 0 Å². The topological polar surface area (TPSA) is 180 Å². The van der Waals surface area contributed by atoms with Gasteiger partial charge in [0.2, 0.25) is 5.91 Å². The molecule has 11 heteroatoms. The molecule has 0 aliphatic carbocycles. The molecule has 0 aliphatic heterocycles. The van der Waals surface area contributed by atoms with Crippen LogP contribution in [0.3, 0.4) is 0 Å². The molecule has 2 aromatic carbocycles. The van der Waals surface area contributed by atoms with Crippen LogP contribution in [-0.4, -0.2) is 44.1 Å². The molecule has 3 rings (SSSR count). The van der Waals surface area contributed by atoms with Crippen LogP contribution in [0.15, 0.2) is 65.1 Å². The lowest BCUT2D eigenvalue weighted by Crippen LogP contribution is -2.41. The van der Waals surface area contributed by atoms with E-state index in [0.717, 1.165) is 6.08 Å². The maximum atomic E-state index is 12.2. The number of phenols is 1. The maximum absolute atomic E-state index is 12.2. The molecule has 1 aromatic heterocycles. The highest BCUT2D eigenvalue weighted by molar-refractivity contribution is 5.94. The maximum Gasteiger partial charge on any atom is 0.339 e. The highest BCUT2D eigenvalue weighted by atomic mass is 16.6. The minimum Gasteiger partial charge on any atom is -0.507 e. The number of aliphatic carboxylic acids is 1. The van der Waals surface area contributed by atoms with Crippen LogP contribution in [0.1, 0.15) is 21.7 Å². The SMILES string of the molecule is O=C(/C=C/c1ccc(-c2ccc(O)c(C(=O)O)c2)o1)N[C@@H](Cc1ccc([N+](=O)[O-])cc1)C(=O)O. The minimum absolute atomic E-state index is 0.0788. The van der Waals surface area contributed by atoms with Crippen LogP contribution >= 0.6 is 0 Å². The number of nitrogens with zero attached hydrogens (tertiary/aromatic N) is 1. The second kappa shape index (κ2) is 10.1. The molecule has 11 nitrogen and oxygen atoms in total. The molecule has 1 atom stereocenters. The van der Waals surface area contributed by atoms with Crippen LogP contribution in [0.25, 0.3) is 17.4 Å². The van der Waals surface area contributed by atoms with Gasteiger partial charge < -0.3 is 25.1 Å². The van der Waals surface area contributed by atoms with Gasteiger partial charge in [-0.2, -0.15) is 0 Å². The van der Waals surface area contributed by atoms with E-state index in [1.165, 1.54) is 54.6 Å². The fraction of sp³-hybridized carbons (Fsp3) is 0.0870. The Morgan fingerprint density at radius 1 is 1.06 bits per heavy atom. The number of nitrogens with one attached hydrogen (secondary N) is 1. The van der Waals surface area contributed by atoms with Gasteiger partial charge in [0.05, 0.1) is 4.92 Å². The summed E-state index contributed by atoms with van der Waals surface area (Å²) in [5, 5.41) is 41.2. The number of rotatable bonds is 9. The number of aromatic carboxylic acids is 1. The van der Waals surface area contributed by atoms with Gasteiger partial charge in [-0.1, -0.05) is 12.1 Å². The van der Waals surface area contributed by atoms with E-state index in [1.54, 1.807) is 6.07 Å². The third-order valence-electron chi connectivity index (χ3n) is 4.74. The number of amides is 1. The molecule has 0 saturated carbocycles. The summed E-state index contributed by atoms with van der Waals surface area (Å²) in [5.74, 6) is -3.13.